The average Bonchev–Trinajstić information content (AvgIpc) is 3.24. The molecule has 1 unspecified atom stereocenters. The van der Waals surface area contributed by atoms with Crippen molar-refractivity contribution in [3.63, 3.8) is 0 Å². The maximum absolute atomic E-state index is 10.4. The molecule has 3 aromatic rings. The summed E-state index contributed by atoms with van der Waals surface area (Å²) in [7, 11) is -2.83. The first-order chi connectivity index (χ1) is 14.6. The molecule has 156 valence electrons. The molecule has 2 aromatic carbocycles. The minimum atomic E-state index is -2.83. The van der Waals surface area contributed by atoms with Crippen LogP contribution >= 0.6 is 20.0 Å². The lowest BCUT2D eigenvalue weighted by Gasteiger charge is -2.05. The Kier molecular flexibility index (Phi) is 8.63. The van der Waals surface area contributed by atoms with Gasteiger partial charge in [0, 0.05) is 17.9 Å². The van der Waals surface area contributed by atoms with Crippen LogP contribution in [-0.2, 0) is 21.4 Å². The summed E-state index contributed by atoms with van der Waals surface area (Å²) in [5.74, 6) is 1.10. The van der Waals surface area contributed by atoms with Gasteiger partial charge < -0.3 is 19.2 Å². The van der Waals surface area contributed by atoms with Gasteiger partial charge in [0.15, 0.2) is 0 Å². The molecule has 0 fully saturated rings. The van der Waals surface area contributed by atoms with Crippen LogP contribution in [-0.4, -0.2) is 28.2 Å². The molecule has 30 heavy (non-hydrogen) atoms. The Hall–Kier alpha value is -2.47. The van der Waals surface area contributed by atoms with Gasteiger partial charge in [-0.25, -0.2) is 0 Å². The van der Waals surface area contributed by atoms with Gasteiger partial charge in [0.25, 0.3) is 5.22 Å². The van der Waals surface area contributed by atoms with Crippen LogP contribution < -0.4 is 5.32 Å². The molecule has 0 radical (unpaired) electrons. The Labute approximate surface area is 179 Å². The predicted octanol–water partition coefficient (Wildman–Crippen LogP) is 3.78. The van der Waals surface area contributed by atoms with E-state index in [1.54, 1.807) is 6.07 Å². The van der Waals surface area contributed by atoms with Gasteiger partial charge in [-0.3, -0.25) is 4.57 Å². The number of rotatable bonds is 11. The lowest BCUT2D eigenvalue weighted by atomic mass is 10.1. The van der Waals surface area contributed by atoms with E-state index < -0.39 is 8.25 Å². The average molecular weight is 444 g/mol. The molecule has 0 amide bonds. The molecular formula is C20H21N4O4PS. The van der Waals surface area contributed by atoms with Crippen LogP contribution in [0.25, 0.3) is 11.5 Å². The Morgan fingerprint density at radius 2 is 2.03 bits per heavy atom. The van der Waals surface area contributed by atoms with Crippen LogP contribution in [0, 0.1) is 11.3 Å². The molecule has 10 heteroatoms. The zero-order valence-electron chi connectivity index (χ0n) is 16.1. The first-order valence-electron chi connectivity index (χ1n) is 9.25. The van der Waals surface area contributed by atoms with Crippen LogP contribution in [0.3, 0.4) is 0 Å². The van der Waals surface area contributed by atoms with E-state index in [9.17, 15) is 4.57 Å². The highest BCUT2D eigenvalue weighted by atomic mass is 32.2. The Morgan fingerprint density at radius 1 is 1.20 bits per heavy atom. The van der Waals surface area contributed by atoms with Crippen molar-refractivity contribution in [1.29, 1.82) is 5.26 Å². The highest BCUT2D eigenvalue weighted by Gasteiger charge is 2.09. The van der Waals surface area contributed by atoms with E-state index >= 15 is 0 Å². The predicted molar refractivity (Wildman–Crippen MR) is 114 cm³/mol. The zero-order chi connectivity index (χ0) is 21.2. The molecule has 1 aromatic heterocycles. The van der Waals surface area contributed by atoms with E-state index in [0.717, 1.165) is 16.7 Å². The molecule has 0 saturated carbocycles. The van der Waals surface area contributed by atoms with Gasteiger partial charge in [0.2, 0.25) is 5.89 Å². The van der Waals surface area contributed by atoms with Crippen LogP contribution in [0.1, 0.15) is 23.1 Å². The van der Waals surface area contributed by atoms with Gasteiger partial charge in [0.1, 0.15) is 0 Å². The molecule has 1 atom stereocenters. The molecule has 1 heterocycles. The van der Waals surface area contributed by atoms with E-state index in [1.807, 2.05) is 42.5 Å². The number of nitrogens with one attached hydrogen (secondary N) is 1. The van der Waals surface area contributed by atoms with Gasteiger partial charge in [0.05, 0.1) is 18.2 Å². The van der Waals surface area contributed by atoms with E-state index in [1.165, 1.54) is 11.8 Å². The van der Waals surface area contributed by atoms with Crippen molar-refractivity contribution in [2.24, 2.45) is 0 Å². The number of hydrogen-bond acceptors (Lipinski definition) is 8. The Bertz CT molecular complexity index is 1020. The fraction of sp³-hybridized carbons (Fsp3) is 0.250. The number of nitriles is 1. The molecule has 0 aliphatic heterocycles. The summed E-state index contributed by atoms with van der Waals surface area (Å²) >= 11 is 1.43. The van der Waals surface area contributed by atoms with E-state index in [2.05, 4.69) is 26.1 Å². The van der Waals surface area contributed by atoms with Gasteiger partial charge >= 0.3 is 8.25 Å². The van der Waals surface area contributed by atoms with Crippen LogP contribution in [0.4, 0.5) is 0 Å². The smallest absolute Gasteiger partial charge is 0.316 e. The van der Waals surface area contributed by atoms with E-state index in [-0.39, 0.29) is 6.61 Å². The van der Waals surface area contributed by atoms with Gasteiger partial charge in [-0.2, -0.15) is 5.26 Å². The molecule has 3 rings (SSSR count). The normalized spacial score (nSPS) is 11.9. The third-order valence-corrected chi connectivity index (χ3v) is 5.42. The number of thioether (sulfide) groups is 1. The molecule has 8 nitrogen and oxygen atoms in total. The number of hydrogen-bond donors (Lipinski definition) is 2. The number of nitrogens with zero attached hydrogens (tertiary/aromatic N) is 3. The summed E-state index contributed by atoms with van der Waals surface area (Å²) in [6.45, 7) is 1.64. The third kappa shape index (κ3) is 7.10. The van der Waals surface area contributed by atoms with Crippen molar-refractivity contribution < 1.29 is 18.4 Å². The van der Waals surface area contributed by atoms with Crippen molar-refractivity contribution in [1.82, 2.24) is 15.5 Å². The Morgan fingerprint density at radius 3 is 2.80 bits per heavy atom. The quantitative estimate of drug-likeness (QED) is 0.258. The molecule has 0 bridgehead atoms. The highest BCUT2D eigenvalue weighted by molar-refractivity contribution is 7.98. The van der Waals surface area contributed by atoms with E-state index in [4.69, 9.17) is 14.6 Å². The first-order valence-corrected chi connectivity index (χ1v) is 11.5. The topological polar surface area (TPSA) is 121 Å². The zero-order valence-corrected chi connectivity index (χ0v) is 17.9. The van der Waals surface area contributed by atoms with Crippen molar-refractivity contribution in [2.75, 3.05) is 13.2 Å². The molecule has 0 saturated heterocycles. The number of aromatic nitrogens is 2. The second kappa shape index (κ2) is 11.6. The fourth-order valence-electron chi connectivity index (χ4n) is 2.62. The summed E-state index contributed by atoms with van der Waals surface area (Å²) < 4.78 is 20.8. The van der Waals surface area contributed by atoms with Gasteiger partial charge in [-0.05, 0) is 48.4 Å². The van der Waals surface area contributed by atoms with Crippen LogP contribution in [0.2, 0.25) is 0 Å². The molecule has 0 aliphatic carbocycles. The van der Waals surface area contributed by atoms with Crippen molar-refractivity contribution >= 4 is 20.0 Å². The van der Waals surface area contributed by atoms with Crippen molar-refractivity contribution in [3.8, 4) is 17.5 Å². The van der Waals surface area contributed by atoms with Crippen LogP contribution in [0.15, 0.2) is 58.2 Å². The number of benzene rings is 2. The van der Waals surface area contributed by atoms with Crippen molar-refractivity contribution in [3.05, 3.63) is 65.2 Å². The van der Waals surface area contributed by atoms with Gasteiger partial charge in [-0.15, -0.1) is 10.2 Å². The summed E-state index contributed by atoms with van der Waals surface area (Å²) in [6, 6.07) is 17.4. The van der Waals surface area contributed by atoms with Crippen molar-refractivity contribution in [2.45, 2.75) is 23.9 Å². The summed E-state index contributed by atoms with van der Waals surface area (Å²) in [6.07, 6.45) is 0.665. The monoisotopic (exact) mass is 444 g/mol. The summed E-state index contributed by atoms with van der Waals surface area (Å²) in [4.78, 5) is 8.58. The molecule has 2 N–H and O–H groups in total. The minimum absolute atomic E-state index is 0.265. The van der Waals surface area contributed by atoms with E-state index in [0.29, 0.717) is 41.9 Å². The molecule has 0 aliphatic rings. The largest absolute Gasteiger partial charge is 0.411 e. The maximum Gasteiger partial charge on any atom is 0.316 e. The third-order valence-electron chi connectivity index (χ3n) is 4.08. The second-order valence-electron chi connectivity index (χ2n) is 6.32. The van der Waals surface area contributed by atoms with Crippen LogP contribution in [0.5, 0.6) is 0 Å². The molecule has 0 spiro atoms. The SMILES string of the molecule is N#Cc1cccc(CSc2nnc(-c3ccc(CNCCCO[PH](=O)O)cc3)o2)c1. The lowest BCUT2D eigenvalue weighted by molar-refractivity contribution is 0.276. The Balaban J connectivity index is 1.47. The fourth-order valence-corrected chi connectivity index (χ4v) is 3.64. The highest BCUT2D eigenvalue weighted by Crippen LogP contribution is 2.26. The lowest BCUT2D eigenvalue weighted by Crippen LogP contribution is -2.15. The molecular weight excluding hydrogens is 423 g/mol. The second-order valence-corrected chi connectivity index (χ2v) is 8.06. The maximum atomic E-state index is 10.4. The first kappa shape index (κ1) is 22.2. The minimum Gasteiger partial charge on any atom is -0.411 e. The summed E-state index contributed by atoms with van der Waals surface area (Å²) in [5.41, 5.74) is 3.59. The standard InChI is InChI=1S/C20H21N4O4PS/c21-12-16-3-1-4-17(11-16)14-30-20-24-23-19(28-20)18-7-5-15(6-8-18)13-22-9-2-10-27-29(25)26/h1,3-8,11,22,29H,2,9-10,13-14H2,(H,25,26). The summed E-state index contributed by atoms with van der Waals surface area (Å²) in [5, 5.41) is 20.9. The van der Waals surface area contributed by atoms with Gasteiger partial charge in [-0.1, -0.05) is 36.0 Å².